The van der Waals surface area contributed by atoms with Crippen LogP contribution in [0, 0.1) is 5.82 Å². The van der Waals surface area contributed by atoms with E-state index in [2.05, 4.69) is 31.0 Å². The summed E-state index contributed by atoms with van der Waals surface area (Å²) in [6.07, 6.45) is 3.00. The van der Waals surface area contributed by atoms with Crippen LogP contribution in [0.1, 0.15) is 35.3 Å². The predicted octanol–water partition coefficient (Wildman–Crippen LogP) is 1.96. The van der Waals surface area contributed by atoms with Gasteiger partial charge >= 0.3 is 0 Å². The molecule has 4 N–H and O–H groups in total. The lowest BCUT2D eigenvalue weighted by molar-refractivity contribution is -0.135. The minimum absolute atomic E-state index is 0.0501. The first-order chi connectivity index (χ1) is 15.7. The van der Waals surface area contributed by atoms with Crippen molar-refractivity contribution >= 4 is 44.8 Å². The zero-order chi connectivity index (χ0) is 23.8. The molecule has 0 spiro atoms. The van der Waals surface area contributed by atoms with Crippen LogP contribution in [0.2, 0.25) is 0 Å². The van der Waals surface area contributed by atoms with Gasteiger partial charge in [0.25, 0.3) is 5.91 Å². The lowest BCUT2D eigenvalue weighted by atomic mass is 10.1. The Hall–Kier alpha value is -2.87. The molecule has 0 aliphatic rings. The molecule has 0 radical (unpaired) electrons. The van der Waals surface area contributed by atoms with E-state index in [-0.39, 0.29) is 23.3 Å². The number of benzene rings is 1. The summed E-state index contributed by atoms with van der Waals surface area (Å²) in [6, 6.07) is 5.88. The van der Waals surface area contributed by atoms with Crippen LogP contribution < -0.4 is 10.6 Å². The van der Waals surface area contributed by atoms with Crippen LogP contribution in [0.3, 0.4) is 0 Å². The van der Waals surface area contributed by atoms with E-state index in [0.717, 1.165) is 22.9 Å². The number of nitrogens with one attached hydrogen (secondary N) is 2. The molecule has 2 aromatic heterocycles. The number of halogens is 1. The van der Waals surface area contributed by atoms with Gasteiger partial charge in [0, 0.05) is 12.8 Å². The Morgan fingerprint density at radius 3 is 2.21 bits per heavy atom. The average molecular weight is 495 g/mol. The first-order valence-corrected chi connectivity index (χ1v) is 11.7. The molecule has 13 heteroatoms. The molecule has 3 rings (SSSR count). The highest BCUT2D eigenvalue weighted by Crippen LogP contribution is 2.21. The van der Waals surface area contributed by atoms with E-state index in [9.17, 15) is 19.1 Å². The van der Waals surface area contributed by atoms with Gasteiger partial charge in [0.05, 0.1) is 13.0 Å². The fourth-order valence-electron chi connectivity index (χ4n) is 2.66. The number of amides is 2. The molecule has 176 valence electrons. The Bertz CT molecular complexity index is 1100. The summed E-state index contributed by atoms with van der Waals surface area (Å²) in [5, 5.41) is 41.9. The second kappa shape index (κ2) is 11.3. The van der Waals surface area contributed by atoms with Crippen LogP contribution >= 0.6 is 22.7 Å². The Labute approximate surface area is 196 Å². The largest absolute Gasteiger partial charge is 0.393 e. The normalized spacial score (nSPS) is 12.8. The van der Waals surface area contributed by atoms with Gasteiger partial charge in [0.2, 0.25) is 16.2 Å². The maximum atomic E-state index is 13.2. The second-order valence-electron chi connectivity index (χ2n) is 7.45. The van der Waals surface area contributed by atoms with Crippen LogP contribution in [0.4, 0.5) is 14.7 Å². The van der Waals surface area contributed by atoms with Crippen LogP contribution in [0.5, 0.6) is 0 Å². The van der Waals surface area contributed by atoms with E-state index < -0.39 is 18.1 Å². The Kier molecular flexibility index (Phi) is 8.49. The van der Waals surface area contributed by atoms with Crippen molar-refractivity contribution in [2.24, 2.45) is 0 Å². The molecule has 0 fully saturated rings. The van der Waals surface area contributed by atoms with Gasteiger partial charge in [0.15, 0.2) is 5.60 Å². The number of unbranched alkanes of at least 4 members (excludes halogenated alkanes) is 1. The summed E-state index contributed by atoms with van der Waals surface area (Å²) in [4.78, 5) is 23.9. The minimum Gasteiger partial charge on any atom is -0.393 e. The monoisotopic (exact) mass is 494 g/mol. The summed E-state index contributed by atoms with van der Waals surface area (Å²) in [6.45, 7) is 0.507. The van der Waals surface area contributed by atoms with Crippen LogP contribution in [0.15, 0.2) is 24.3 Å². The third-order valence-corrected chi connectivity index (χ3v) is 6.28. The number of rotatable bonds is 11. The van der Waals surface area contributed by atoms with Crippen molar-refractivity contribution in [1.82, 2.24) is 20.4 Å². The molecule has 0 saturated heterocycles. The number of aliphatic hydroxyl groups is 2. The summed E-state index contributed by atoms with van der Waals surface area (Å²) in [5.74, 6) is -1.42. The molecule has 1 aromatic carbocycles. The van der Waals surface area contributed by atoms with Gasteiger partial charge in [-0.2, -0.15) is 0 Å². The maximum Gasteiger partial charge on any atom is 0.260 e. The van der Waals surface area contributed by atoms with Crippen LogP contribution in [-0.2, 0) is 28.9 Å². The van der Waals surface area contributed by atoms with E-state index in [1.165, 1.54) is 41.7 Å². The molecule has 10 nitrogen and oxygen atoms in total. The molecular formula is C20H23FN6O4S2. The maximum absolute atomic E-state index is 13.2. The molecule has 3 aromatic rings. The van der Waals surface area contributed by atoms with E-state index in [4.69, 9.17) is 5.11 Å². The van der Waals surface area contributed by atoms with Gasteiger partial charge in [0.1, 0.15) is 15.8 Å². The molecule has 1 atom stereocenters. The van der Waals surface area contributed by atoms with Gasteiger partial charge in [-0.3, -0.25) is 14.9 Å². The topological polar surface area (TPSA) is 150 Å². The fourth-order valence-corrected chi connectivity index (χ4v) is 4.24. The Morgan fingerprint density at radius 1 is 1.03 bits per heavy atom. The van der Waals surface area contributed by atoms with Crippen molar-refractivity contribution in [2.75, 3.05) is 17.2 Å². The lowest BCUT2D eigenvalue weighted by Crippen LogP contribution is -2.43. The molecule has 0 aliphatic heterocycles. The van der Waals surface area contributed by atoms with Gasteiger partial charge in [-0.1, -0.05) is 34.8 Å². The molecular weight excluding hydrogens is 471 g/mol. The molecule has 33 heavy (non-hydrogen) atoms. The fraction of sp³-hybridized carbons (Fsp3) is 0.400. The van der Waals surface area contributed by atoms with Crippen LogP contribution in [-0.4, -0.2) is 54.6 Å². The van der Waals surface area contributed by atoms with Gasteiger partial charge < -0.3 is 15.5 Å². The number of aromatic nitrogens is 4. The summed E-state index contributed by atoms with van der Waals surface area (Å²) in [5.41, 5.74) is -1.30. The number of nitrogens with zero attached hydrogens (tertiary/aromatic N) is 4. The summed E-state index contributed by atoms with van der Waals surface area (Å²) >= 11 is 2.49. The minimum atomic E-state index is -1.88. The van der Waals surface area contributed by atoms with Crippen molar-refractivity contribution in [3.8, 4) is 0 Å². The first kappa shape index (κ1) is 24.8. The zero-order valence-electron chi connectivity index (χ0n) is 17.7. The number of hydrogen-bond donors (Lipinski definition) is 4. The second-order valence-corrected chi connectivity index (χ2v) is 9.57. The first-order valence-electron chi connectivity index (χ1n) is 10.1. The number of carbonyl (C=O) groups excluding carboxylic acids is 2. The van der Waals surface area contributed by atoms with Gasteiger partial charge in [-0.05, 0) is 37.5 Å². The van der Waals surface area contributed by atoms with Crippen molar-refractivity contribution in [1.29, 1.82) is 0 Å². The zero-order valence-corrected chi connectivity index (χ0v) is 19.4. The van der Waals surface area contributed by atoms with E-state index in [0.29, 0.717) is 23.5 Å². The molecule has 0 bridgehead atoms. The van der Waals surface area contributed by atoms with Gasteiger partial charge in [-0.15, -0.1) is 20.4 Å². The lowest BCUT2D eigenvalue weighted by Gasteiger charge is -2.17. The van der Waals surface area contributed by atoms with E-state index in [1.54, 1.807) is 12.1 Å². The van der Waals surface area contributed by atoms with Crippen molar-refractivity contribution < 1.29 is 24.2 Å². The number of hydrogen-bond acceptors (Lipinski definition) is 10. The number of anilines is 2. The number of aryl methyl sites for hydroxylation is 2. The number of aliphatic hydroxyl groups excluding tert-OH is 1. The molecule has 1 unspecified atom stereocenters. The smallest absolute Gasteiger partial charge is 0.260 e. The van der Waals surface area contributed by atoms with E-state index >= 15 is 0 Å². The third-order valence-electron chi connectivity index (χ3n) is 4.48. The highest BCUT2D eigenvalue weighted by molar-refractivity contribution is 7.15. The molecule has 0 aliphatic carbocycles. The molecule has 0 saturated carbocycles. The third kappa shape index (κ3) is 7.60. The van der Waals surface area contributed by atoms with Gasteiger partial charge in [-0.25, -0.2) is 4.39 Å². The molecule has 2 heterocycles. The summed E-state index contributed by atoms with van der Waals surface area (Å²) < 4.78 is 13.2. The Balaban J connectivity index is 1.38. The van der Waals surface area contributed by atoms with Crippen molar-refractivity contribution in [2.45, 2.75) is 44.6 Å². The van der Waals surface area contributed by atoms with E-state index in [1.807, 2.05) is 0 Å². The predicted molar refractivity (Wildman–Crippen MR) is 122 cm³/mol. The quantitative estimate of drug-likeness (QED) is 0.296. The van der Waals surface area contributed by atoms with Crippen LogP contribution in [0.25, 0.3) is 0 Å². The van der Waals surface area contributed by atoms with Crippen molar-refractivity contribution in [3.05, 3.63) is 45.7 Å². The SMILES string of the molecule is CC(O)(CO)C(=O)Nc1nnc(CCCCc2nnc(NC(=O)Cc3cccc(F)c3)s2)s1. The highest BCUT2D eigenvalue weighted by Gasteiger charge is 2.30. The highest BCUT2D eigenvalue weighted by atomic mass is 32.1. The summed E-state index contributed by atoms with van der Waals surface area (Å²) in [7, 11) is 0. The molecule has 2 amide bonds. The standard InChI is InChI=1S/C20H23FN6O4S2/c1-20(31,11-28)17(30)23-19-27-25-16(33-19)8-3-2-7-15-24-26-18(32-15)22-14(29)10-12-5-4-6-13(21)9-12/h4-6,9,28,31H,2-3,7-8,10-11H2,1H3,(H,22,26,29)(H,23,27,30). The Morgan fingerprint density at radius 2 is 1.64 bits per heavy atom. The number of carbonyl (C=O) groups is 2. The van der Waals surface area contributed by atoms with Crippen molar-refractivity contribution in [3.63, 3.8) is 0 Å². The average Bonchev–Trinajstić information content (AvgIpc) is 3.40.